The van der Waals surface area contributed by atoms with E-state index >= 15 is 0 Å². The second-order valence-electron chi connectivity index (χ2n) is 12.8. The van der Waals surface area contributed by atoms with E-state index in [-0.39, 0.29) is 31.3 Å². The van der Waals surface area contributed by atoms with E-state index in [0.717, 1.165) is 42.7 Å². The molecular weight excluding hydrogens is 716 g/mol. The summed E-state index contributed by atoms with van der Waals surface area (Å²) in [4.78, 5) is 64.3. The molecule has 3 amide bonds. The first kappa shape index (κ1) is 40.4. The fraction of sp³-hybridized carbons (Fsp3) is 0.293. The molecule has 0 fully saturated rings. The minimum atomic E-state index is -0.837. The molecule has 0 atom stereocenters. The zero-order valence-electron chi connectivity index (χ0n) is 31.7. The number of carbonyl (C=O) groups excluding carboxylic acids is 4. The van der Waals surface area contributed by atoms with E-state index in [4.69, 9.17) is 24.9 Å². The molecule has 5 rings (SSSR count). The van der Waals surface area contributed by atoms with Gasteiger partial charge in [0.2, 0.25) is 0 Å². The van der Waals surface area contributed by atoms with E-state index in [1.54, 1.807) is 85.1 Å². The number of nitrogens with two attached hydrogens (primary N) is 1. The summed E-state index contributed by atoms with van der Waals surface area (Å²) in [6.45, 7) is 2.95. The standard InChI is InChI=1S/C41H46N8O7/c1-4-5-6-9-24-55-40(52)45-32-16-11-28(12-17-32)27-56-41(53)47-38(42)29-13-18-31(19-14-29)44-26-36-46-33-25-30(15-20-34(33)48(36)2)39(51)49(23-21-37(50)54-3)35-10-7-8-22-43-35/h7-8,10-20,22,25,44H,4-6,9,21,23-24,26-27H2,1-3H3,(H,45,52)(H2,42,47,53). The van der Waals surface area contributed by atoms with Crippen molar-refractivity contribution in [3.05, 3.63) is 114 Å². The molecule has 0 aliphatic carbocycles. The summed E-state index contributed by atoms with van der Waals surface area (Å²) < 4.78 is 17.2. The molecule has 5 aromatic rings. The molecule has 2 aromatic heterocycles. The maximum atomic E-state index is 13.6. The summed E-state index contributed by atoms with van der Waals surface area (Å²) in [6.07, 6.45) is 4.34. The van der Waals surface area contributed by atoms with E-state index in [2.05, 4.69) is 27.5 Å². The van der Waals surface area contributed by atoms with E-state index in [9.17, 15) is 19.2 Å². The number of aromatic nitrogens is 3. The largest absolute Gasteiger partial charge is 0.469 e. The molecule has 0 radical (unpaired) electrons. The Morgan fingerprint density at radius 3 is 2.36 bits per heavy atom. The number of carbonyl (C=O) groups is 4. The maximum absolute atomic E-state index is 13.6. The number of aryl methyl sites for hydroxylation is 1. The van der Waals surface area contributed by atoms with Gasteiger partial charge in [0.15, 0.2) is 0 Å². The van der Waals surface area contributed by atoms with Gasteiger partial charge < -0.3 is 29.8 Å². The number of unbranched alkanes of at least 4 members (excludes halogenated alkanes) is 3. The number of ether oxygens (including phenoxy) is 3. The highest BCUT2D eigenvalue weighted by Gasteiger charge is 2.21. The quantitative estimate of drug-likeness (QED) is 0.0292. The van der Waals surface area contributed by atoms with Crippen LogP contribution in [0.2, 0.25) is 0 Å². The minimum Gasteiger partial charge on any atom is -0.469 e. The Bertz CT molecular complexity index is 2140. The van der Waals surface area contributed by atoms with Gasteiger partial charge in [-0.2, -0.15) is 4.99 Å². The van der Waals surface area contributed by atoms with Crippen molar-refractivity contribution in [3.63, 3.8) is 0 Å². The molecule has 2 heterocycles. The monoisotopic (exact) mass is 762 g/mol. The highest BCUT2D eigenvalue weighted by Crippen LogP contribution is 2.22. The number of pyridine rings is 1. The lowest BCUT2D eigenvalue weighted by Gasteiger charge is -2.21. The molecule has 0 unspecified atom stereocenters. The average molecular weight is 763 g/mol. The molecule has 3 aromatic carbocycles. The Morgan fingerprint density at radius 1 is 0.893 bits per heavy atom. The summed E-state index contributed by atoms with van der Waals surface area (Å²) in [5.74, 6) is 0.409. The van der Waals surface area contributed by atoms with E-state index in [1.807, 2.05) is 17.7 Å². The number of rotatable bonds is 17. The fourth-order valence-electron chi connectivity index (χ4n) is 5.65. The number of nitrogens with one attached hydrogen (secondary N) is 2. The zero-order chi connectivity index (χ0) is 39.9. The number of aliphatic imine (C=N–C) groups is 1. The summed E-state index contributed by atoms with van der Waals surface area (Å²) in [5.41, 5.74) is 10.6. The Kier molecular flexibility index (Phi) is 14.5. The molecule has 0 saturated heterocycles. The molecular formula is C41H46N8O7. The van der Waals surface area contributed by atoms with Gasteiger partial charge in [0.1, 0.15) is 24.1 Å². The maximum Gasteiger partial charge on any atom is 0.435 e. The number of hydrogen-bond donors (Lipinski definition) is 3. The predicted molar refractivity (Wildman–Crippen MR) is 213 cm³/mol. The van der Waals surface area contributed by atoms with E-state index in [0.29, 0.717) is 46.9 Å². The van der Waals surface area contributed by atoms with Crippen molar-refractivity contribution in [2.75, 3.05) is 35.8 Å². The Hall–Kier alpha value is -6.77. The number of anilines is 3. The van der Waals surface area contributed by atoms with Gasteiger partial charge in [-0.1, -0.05) is 44.4 Å². The highest BCUT2D eigenvalue weighted by atomic mass is 16.6. The van der Waals surface area contributed by atoms with Crippen molar-refractivity contribution in [2.24, 2.45) is 17.8 Å². The third-order valence-electron chi connectivity index (χ3n) is 8.80. The minimum absolute atomic E-state index is 0.00177. The molecule has 0 bridgehead atoms. The second kappa shape index (κ2) is 20.1. The highest BCUT2D eigenvalue weighted by molar-refractivity contribution is 6.07. The third-order valence-corrected chi connectivity index (χ3v) is 8.80. The van der Waals surface area contributed by atoms with Crippen LogP contribution in [0, 0.1) is 0 Å². The second-order valence-corrected chi connectivity index (χ2v) is 12.8. The number of benzene rings is 3. The summed E-state index contributed by atoms with van der Waals surface area (Å²) >= 11 is 0. The van der Waals surface area contributed by atoms with Crippen LogP contribution < -0.4 is 21.3 Å². The lowest BCUT2D eigenvalue weighted by molar-refractivity contribution is -0.140. The van der Waals surface area contributed by atoms with Crippen LogP contribution in [0.15, 0.2) is 96.1 Å². The van der Waals surface area contributed by atoms with Crippen LogP contribution in [0.25, 0.3) is 11.0 Å². The molecule has 292 valence electrons. The number of methoxy groups -OCH3 is 1. The summed E-state index contributed by atoms with van der Waals surface area (Å²) in [7, 11) is 3.20. The van der Waals surface area contributed by atoms with Gasteiger partial charge in [-0.05, 0) is 78.7 Å². The van der Waals surface area contributed by atoms with Crippen LogP contribution in [0.4, 0.5) is 26.8 Å². The van der Waals surface area contributed by atoms with Crippen molar-refractivity contribution in [2.45, 2.75) is 52.2 Å². The zero-order valence-corrected chi connectivity index (χ0v) is 31.7. The van der Waals surface area contributed by atoms with Crippen molar-refractivity contribution in [1.82, 2.24) is 14.5 Å². The first-order valence-corrected chi connectivity index (χ1v) is 18.3. The van der Waals surface area contributed by atoms with Crippen molar-refractivity contribution in [1.29, 1.82) is 0 Å². The molecule has 4 N–H and O–H groups in total. The smallest absolute Gasteiger partial charge is 0.435 e. The van der Waals surface area contributed by atoms with Crippen molar-refractivity contribution >= 4 is 58.1 Å². The Labute approximate surface area is 324 Å². The SMILES string of the molecule is CCCCCCOC(=O)Nc1ccc(COC(=O)/N=C(\N)c2ccc(NCc3nc4cc(C(=O)N(CCC(=O)OC)c5ccccn5)ccc4n3C)cc2)cc1. The first-order valence-electron chi connectivity index (χ1n) is 18.3. The molecule has 0 spiro atoms. The van der Waals surface area contributed by atoms with Gasteiger partial charge in [0.05, 0.1) is 37.7 Å². The lowest BCUT2D eigenvalue weighted by atomic mass is 10.1. The first-order chi connectivity index (χ1) is 27.1. The van der Waals surface area contributed by atoms with Crippen LogP contribution in [0.5, 0.6) is 0 Å². The Balaban J connectivity index is 1.12. The number of esters is 1. The lowest BCUT2D eigenvalue weighted by Crippen LogP contribution is -2.33. The number of hydrogen-bond acceptors (Lipinski definition) is 10. The van der Waals surface area contributed by atoms with Gasteiger partial charge in [-0.15, -0.1) is 0 Å². The average Bonchev–Trinajstić information content (AvgIpc) is 3.54. The summed E-state index contributed by atoms with van der Waals surface area (Å²) in [5, 5.41) is 6.01. The molecule has 0 saturated carbocycles. The van der Waals surface area contributed by atoms with Crippen LogP contribution in [-0.4, -0.2) is 64.7 Å². The molecule has 56 heavy (non-hydrogen) atoms. The van der Waals surface area contributed by atoms with Gasteiger partial charge in [-0.3, -0.25) is 19.8 Å². The predicted octanol–water partition coefficient (Wildman–Crippen LogP) is 6.96. The normalized spacial score (nSPS) is 11.2. The van der Waals surface area contributed by atoms with E-state index < -0.39 is 18.2 Å². The van der Waals surface area contributed by atoms with Crippen LogP contribution in [0.1, 0.15) is 66.3 Å². The van der Waals surface area contributed by atoms with Crippen molar-refractivity contribution in [3.8, 4) is 0 Å². The van der Waals surface area contributed by atoms with Crippen molar-refractivity contribution < 1.29 is 33.4 Å². The van der Waals surface area contributed by atoms with Crippen LogP contribution in [-0.2, 0) is 39.2 Å². The molecule has 0 aliphatic rings. The number of imidazole rings is 1. The van der Waals surface area contributed by atoms with Crippen LogP contribution >= 0.6 is 0 Å². The topological polar surface area (TPSA) is 192 Å². The number of amidine groups is 1. The van der Waals surface area contributed by atoms with Gasteiger partial charge in [0.25, 0.3) is 5.91 Å². The van der Waals surface area contributed by atoms with Gasteiger partial charge in [0, 0.05) is 42.3 Å². The summed E-state index contributed by atoms with van der Waals surface area (Å²) in [6, 6.07) is 24.4. The Morgan fingerprint density at radius 2 is 1.64 bits per heavy atom. The number of fused-ring (bicyclic) bond motifs is 1. The molecule has 15 heteroatoms. The van der Waals surface area contributed by atoms with Crippen LogP contribution in [0.3, 0.4) is 0 Å². The van der Waals surface area contributed by atoms with E-state index in [1.165, 1.54) is 12.0 Å². The van der Waals surface area contributed by atoms with Gasteiger partial charge in [-0.25, -0.2) is 19.6 Å². The molecule has 0 aliphatic heterocycles. The molecule has 15 nitrogen and oxygen atoms in total. The number of amides is 3. The fourth-order valence-corrected chi connectivity index (χ4v) is 5.65. The van der Waals surface area contributed by atoms with Gasteiger partial charge >= 0.3 is 18.2 Å². The third kappa shape index (κ3) is 11.4. The number of nitrogens with zero attached hydrogens (tertiary/aromatic N) is 5.